The summed E-state index contributed by atoms with van der Waals surface area (Å²) in [4.78, 5) is 15.5. The van der Waals surface area contributed by atoms with Gasteiger partial charge in [-0.25, -0.2) is 0 Å². The van der Waals surface area contributed by atoms with Crippen LogP contribution in [0.3, 0.4) is 0 Å². The topological polar surface area (TPSA) is 44.9 Å². The maximum absolute atomic E-state index is 12.1. The Morgan fingerprint density at radius 3 is 2.61 bits per heavy atom. The third kappa shape index (κ3) is 3.40. The monoisotopic (exact) mass is 326 g/mol. The average Bonchev–Trinajstić information content (AvgIpc) is 2.83. The van der Waals surface area contributed by atoms with E-state index in [2.05, 4.69) is 42.3 Å². The summed E-state index contributed by atoms with van der Waals surface area (Å²) >= 11 is 5.84. The van der Waals surface area contributed by atoms with Crippen LogP contribution in [-0.2, 0) is 6.42 Å². The molecule has 1 aromatic heterocycles. The molecule has 0 aliphatic rings. The van der Waals surface area contributed by atoms with Gasteiger partial charge in [0.1, 0.15) is 0 Å². The molecule has 0 fully saturated rings. The smallest absolute Gasteiger partial charge is 0.251 e. The SMILES string of the molecule is Cc1ccc2[nH]c(C)c(CCNC(=O)c3ccc(Cl)cc3)c2c1. The van der Waals surface area contributed by atoms with Gasteiger partial charge in [-0.05, 0) is 62.2 Å². The van der Waals surface area contributed by atoms with Gasteiger partial charge in [0, 0.05) is 33.7 Å². The van der Waals surface area contributed by atoms with Crippen molar-refractivity contribution in [2.24, 2.45) is 0 Å². The zero-order valence-electron chi connectivity index (χ0n) is 13.2. The van der Waals surface area contributed by atoms with Crippen molar-refractivity contribution in [3.8, 4) is 0 Å². The van der Waals surface area contributed by atoms with Crippen molar-refractivity contribution in [3.05, 3.63) is 69.9 Å². The summed E-state index contributed by atoms with van der Waals surface area (Å²) in [5.74, 6) is -0.0738. The number of benzene rings is 2. The minimum atomic E-state index is -0.0738. The van der Waals surface area contributed by atoms with E-state index in [1.807, 2.05) is 0 Å². The van der Waals surface area contributed by atoms with Crippen LogP contribution in [0.4, 0.5) is 0 Å². The highest BCUT2D eigenvalue weighted by Crippen LogP contribution is 2.23. The maximum Gasteiger partial charge on any atom is 0.251 e. The largest absolute Gasteiger partial charge is 0.358 e. The predicted molar refractivity (Wildman–Crippen MR) is 95.3 cm³/mol. The van der Waals surface area contributed by atoms with Crippen molar-refractivity contribution in [2.45, 2.75) is 20.3 Å². The van der Waals surface area contributed by atoms with Crippen molar-refractivity contribution in [2.75, 3.05) is 6.54 Å². The van der Waals surface area contributed by atoms with E-state index >= 15 is 0 Å². The number of fused-ring (bicyclic) bond motifs is 1. The molecule has 0 saturated carbocycles. The maximum atomic E-state index is 12.1. The first kappa shape index (κ1) is 15.6. The molecule has 0 bridgehead atoms. The van der Waals surface area contributed by atoms with E-state index in [-0.39, 0.29) is 5.91 Å². The molecule has 3 aromatic rings. The standard InChI is InChI=1S/C19H19ClN2O/c1-12-3-8-18-17(11-12)16(13(2)22-18)9-10-21-19(23)14-4-6-15(20)7-5-14/h3-8,11,22H,9-10H2,1-2H3,(H,21,23). The van der Waals surface area contributed by atoms with E-state index < -0.39 is 0 Å². The number of rotatable bonds is 4. The van der Waals surface area contributed by atoms with Crippen LogP contribution >= 0.6 is 11.6 Å². The highest BCUT2D eigenvalue weighted by atomic mass is 35.5. The first-order chi connectivity index (χ1) is 11.0. The van der Waals surface area contributed by atoms with Gasteiger partial charge in [-0.3, -0.25) is 4.79 Å². The molecule has 3 nitrogen and oxygen atoms in total. The zero-order valence-corrected chi connectivity index (χ0v) is 14.0. The Labute approximate surface area is 140 Å². The lowest BCUT2D eigenvalue weighted by Crippen LogP contribution is -2.25. The molecule has 23 heavy (non-hydrogen) atoms. The fraction of sp³-hybridized carbons (Fsp3) is 0.211. The van der Waals surface area contributed by atoms with Gasteiger partial charge in [0.05, 0.1) is 0 Å². The van der Waals surface area contributed by atoms with Crippen molar-refractivity contribution in [3.63, 3.8) is 0 Å². The summed E-state index contributed by atoms with van der Waals surface area (Å²) < 4.78 is 0. The lowest BCUT2D eigenvalue weighted by atomic mass is 10.1. The van der Waals surface area contributed by atoms with Crippen molar-refractivity contribution in [1.29, 1.82) is 0 Å². The molecule has 2 N–H and O–H groups in total. The summed E-state index contributed by atoms with van der Waals surface area (Å²) in [6.07, 6.45) is 0.800. The minimum absolute atomic E-state index is 0.0738. The van der Waals surface area contributed by atoms with E-state index in [0.717, 1.165) is 17.6 Å². The van der Waals surface area contributed by atoms with Gasteiger partial charge in [0.15, 0.2) is 0 Å². The number of carbonyl (C=O) groups excluding carboxylic acids is 1. The molecule has 0 aliphatic carbocycles. The molecule has 1 heterocycles. The first-order valence-corrected chi connectivity index (χ1v) is 8.04. The van der Waals surface area contributed by atoms with Gasteiger partial charge >= 0.3 is 0 Å². The number of halogens is 1. The quantitative estimate of drug-likeness (QED) is 0.733. The van der Waals surface area contributed by atoms with Gasteiger partial charge in [-0.1, -0.05) is 23.2 Å². The number of nitrogens with one attached hydrogen (secondary N) is 2. The van der Waals surface area contributed by atoms with Crippen LogP contribution < -0.4 is 5.32 Å². The molecular weight excluding hydrogens is 308 g/mol. The molecule has 0 radical (unpaired) electrons. The molecule has 0 atom stereocenters. The average molecular weight is 327 g/mol. The number of carbonyl (C=O) groups is 1. The second-order valence-electron chi connectivity index (χ2n) is 5.79. The van der Waals surface area contributed by atoms with Crippen LogP contribution in [0.15, 0.2) is 42.5 Å². The number of aromatic amines is 1. The van der Waals surface area contributed by atoms with Crippen molar-refractivity contribution >= 4 is 28.4 Å². The van der Waals surface area contributed by atoms with E-state index in [4.69, 9.17) is 11.6 Å². The van der Waals surface area contributed by atoms with Gasteiger partial charge in [0.25, 0.3) is 5.91 Å². The first-order valence-electron chi connectivity index (χ1n) is 7.66. The number of hydrogen-bond donors (Lipinski definition) is 2. The molecule has 3 rings (SSSR count). The molecule has 0 spiro atoms. The molecule has 118 valence electrons. The van der Waals surface area contributed by atoms with Gasteiger partial charge in [0.2, 0.25) is 0 Å². The molecular formula is C19H19ClN2O. The van der Waals surface area contributed by atoms with E-state index in [1.54, 1.807) is 24.3 Å². The number of hydrogen-bond acceptors (Lipinski definition) is 1. The molecule has 0 unspecified atom stereocenters. The van der Waals surface area contributed by atoms with Crippen LogP contribution in [0.25, 0.3) is 10.9 Å². The summed E-state index contributed by atoms with van der Waals surface area (Å²) in [7, 11) is 0. The predicted octanol–water partition coefficient (Wildman–Crippen LogP) is 4.41. The molecule has 4 heteroatoms. The fourth-order valence-electron chi connectivity index (χ4n) is 2.82. The van der Waals surface area contributed by atoms with Crippen molar-refractivity contribution < 1.29 is 4.79 Å². The molecule has 1 amide bonds. The summed E-state index contributed by atoms with van der Waals surface area (Å²) in [5, 5.41) is 4.84. The Kier molecular flexibility index (Phi) is 4.39. The normalized spacial score (nSPS) is 10.9. The number of H-pyrrole nitrogens is 1. The summed E-state index contributed by atoms with van der Waals surface area (Å²) in [6.45, 7) is 4.77. The summed E-state index contributed by atoms with van der Waals surface area (Å²) in [5.41, 5.74) is 5.43. The lowest BCUT2D eigenvalue weighted by molar-refractivity contribution is 0.0954. The van der Waals surface area contributed by atoms with Crippen LogP contribution in [0.5, 0.6) is 0 Å². The van der Waals surface area contributed by atoms with Crippen LogP contribution in [-0.4, -0.2) is 17.4 Å². The third-order valence-electron chi connectivity index (χ3n) is 4.04. The second-order valence-corrected chi connectivity index (χ2v) is 6.23. The highest BCUT2D eigenvalue weighted by molar-refractivity contribution is 6.30. The third-order valence-corrected chi connectivity index (χ3v) is 4.29. The van der Waals surface area contributed by atoms with Crippen LogP contribution in [0.2, 0.25) is 5.02 Å². The van der Waals surface area contributed by atoms with E-state index in [9.17, 15) is 4.79 Å². The van der Waals surface area contributed by atoms with Crippen molar-refractivity contribution in [1.82, 2.24) is 10.3 Å². The van der Waals surface area contributed by atoms with Gasteiger partial charge in [-0.2, -0.15) is 0 Å². The van der Waals surface area contributed by atoms with E-state index in [0.29, 0.717) is 17.1 Å². The Hall–Kier alpha value is -2.26. The minimum Gasteiger partial charge on any atom is -0.358 e. The van der Waals surface area contributed by atoms with E-state index in [1.165, 1.54) is 16.5 Å². The van der Waals surface area contributed by atoms with Crippen LogP contribution in [0, 0.1) is 13.8 Å². The number of amides is 1. The molecule has 0 aliphatic heterocycles. The Morgan fingerprint density at radius 1 is 1.13 bits per heavy atom. The van der Waals surface area contributed by atoms with Crippen LogP contribution in [0.1, 0.15) is 27.2 Å². The summed E-state index contributed by atoms with van der Waals surface area (Å²) in [6, 6.07) is 13.3. The van der Waals surface area contributed by atoms with Gasteiger partial charge in [-0.15, -0.1) is 0 Å². The Balaban J connectivity index is 1.69. The fourth-order valence-corrected chi connectivity index (χ4v) is 2.95. The van der Waals surface area contributed by atoms with Gasteiger partial charge < -0.3 is 10.3 Å². The highest BCUT2D eigenvalue weighted by Gasteiger charge is 2.10. The number of aryl methyl sites for hydroxylation is 2. The zero-order chi connectivity index (χ0) is 16.4. The molecule has 2 aromatic carbocycles. The lowest BCUT2D eigenvalue weighted by Gasteiger charge is -2.06. The Morgan fingerprint density at radius 2 is 1.87 bits per heavy atom. The molecule has 0 saturated heterocycles. The number of aromatic nitrogens is 1. The second kappa shape index (κ2) is 6.47. The Bertz CT molecular complexity index is 850.